The Balaban J connectivity index is 0.000000162. The molecule has 0 aromatic carbocycles. The van der Waals surface area contributed by atoms with Crippen LogP contribution in [-0.4, -0.2) is 219 Å². The molecule has 33 nitrogen and oxygen atoms in total. The molecule has 6 saturated heterocycles. The summed E-state index contributed by atoms with van der Waals surface area (Å²) in [5, 5.41) is 9.19. The van der Waals surface area contributed by atoms with Gasteiger partial charge in [0.1, 0.15) is 52.4 Å². The Kier molecular flexibility index (Phi) is 26.8. The van der Waals surface area contributed by atoms with Crippen molar-refractivity contribution in [3.8, 4) is 0 Å². The first-order valence-corrected chi connectivity index (χ1v) is 48.8. The molecule has 6 N–H and O–H groups in total. The van der Waals surface area contributed by atoms with Gasteiger partial charge in [0, 0.05) is 113 Å². The molecule has 15 heterocycles. The number of sulfonamides is 3. The maximum absolute atomic E-state index is 13.6. The largest absolute Gasteiger partial charge is 0.368 e. The van der Waals surface area contributed by atoms with Gasteiger partial charge in [0.05, 0.1) is 16.7 Å². The standard InChI is InChI=1S/3C30H43N7O4S/c3*1-20-10-11-21-18-30(5,6)37(19-21)26-22(27(38)34-42(40,41)25-9-7-8-23(31-20)32-25)12-13-24(33-26)36-17-16-35(28(36)39)15-14-29(2,3)4/h3*7-9,12-13,20-21H,10-11,14-19H2,1-6H3,(H,31,32)(H,34,38). The number of hydrogen-bond acceptors (Lipinski definition) is 24. The molecule has 9 aliphatic heterocycles. The molecule has 0 radical (unpaired) electrons. The Labute approximate surface area is 743 Å². The van der Waals surface area contributed by atoms with Gasteiger partial charge in [0.2, 0.25) is 0 Å². The maximum Gasteiger partial charge on any atom is 0.325 e. The van der Waals surface area contributed by atoms with Crippen molar-refractivity contribution >= 4 is 118 Å². The Hall–Kier alpha value is -10.2. The van der Waals surface area contributed by atoms with E-state index in [1.807, 2.05) is 14.7 Å². The van der Waals surface area contributed by atoms with Crippen LogP contribution in [-0.2, 0) is 30.1 Å². The van der Waals surface area contributed by atoms with E-state index < -0.39 is 47.8 Å². The summed E-state index contributed by atoms with van der Waals surface area (Å²) >= 11 is 0. The van der Waals surface area contributed by atoms with E-state index in [1.54, 1.807) is 87.5 Å². The number of pyridine rings is 6. The zero-order valence-electron chi connectivity index (χ0n) is 76.4. The van der Waals surface area contributed by atoms with E-state index in [-0.39, 0.29) is 101 Å². The fraction of sp³-hybridized carbons (Fsp3) is 0.600. The number of nitrogens with zero attached hydrogens (tertiary/aromatic N) is 15. The van der Waals surface area contributed by atoms with Crippen LogP contribution in [0.15, 0.2) is 106 Å². The molecule has 36 heteroatoms. The molecule has 6 atom stereocenters. The van der Waals surface area contributed by atoms with E-state index in [9.17, 15) is 54.0 Å². The summed E-state index contributed by atoms with van der Waals surface area (Å²) in [6.45, 7) is 45.6. The highest BCUT2D eigenvalue weighted by atomic mass is 32.2. The van der Waals surface area contributed by atoms with Gasteiger partial charge in [0.25, 0.3) is 47.8 Å². The van der Waals surface area contributed by atoms with Crippen molar-refractivity contribution in [2.45, 2.75) is 251 Å². The topological polar surface area (TPSA) is 384 Å². The zero-order chi connectivity index (χ0) is 91.3. The lowest BCUT2D eigenvalue weighted by atomic mass is 9.92. The third-order valence-electron chi connectivity index (χ3n) is 25.4. The van der Waals surface area contributed by atoms with Crippen LogP contribution >= 0.6 is 0 Å². The van der Waals surface area contributed by atoms with E-state index >= 15 is 0 Å². The monoisotopic (exact) mass is 1790 g/mol. The van der Waals surface area contributed by atoms with Crippen LogP contribution < -0.4 is 59.5 Å². The minimum atomic E-state index is -4.26. The number of anilines is 9. The number of nitrogens with one attached hydrogen (secondary N) is 6. The fourth-order valence-electron chi connectivity index (χ4n) is 18.2. The molecule has 6 aromatic rings. The van der Waals surface area contributed by atoms with E-state index in [0.29, 0.717) is 149 Å². The minimum Gasteiger partial charge on any atom is -0.368 e. The number of carbonyl (C=O) groups is 6. The summed E-state index contributed by atoms with van der Waals surface area (Å²) in [4.78, 5) is 125. The maximum atomic E-state index is 13.6. The van der Waals surface area contributed by atoms with Crippen molar-refractivity contribution in [1.29, 1.82) is 0 Å². The van der Waals surface area contributed by atoms with Crippen molar-refractivity contribution in [3.05, 3.63) is 108 Å². The van der Waals surface area contributed by atoms with Gasteiger partial charge in [-0.3, -0.25) is 29.1 Å². The van der Waals surface area contributed by atoms with Gasteiger partial charge in [0.15, 0.2) is 15.1 Å². The number of amides is 9. The summed E-state index contributed by atoms with van der Waals surface area (Å²) in [5.41, 5.74) is -0.254. The number of aromatic nitrogens is 6. The van der Waals surface area contributed by atoms with Crippen LogP contribution in [0.4, 0.5) is 66.7 Å². The fourth-order valence-corrected chi connectivity index (χ4v) is 21.1. The average Bonchev–Trinajstić information content (AvgIpc) is 1.59. The van der Waals surface area contributed by atoms with Gasteiger partial charge in [-0.2, -0.15) is 25.3 Å². The van der Waals surface area contributed by atoms with E-state index in [1.165, 1.54) is 18.2 Å². The lowest BCUT2D eigenvalue weighted by Crippen LogP contribution is -2.41. The number of urea groups is 3. The highest BCUT2D eigenvalue weighted by molar-refractivity contribution is 7.90. The van der Waals surface area contributed by atoms with Crippen molar-refractivity contribution in [3.63, 3.8) is 0 Å². The van der Waals surface area contributed by atoms with Gasteiger partial charge in [-0.15, -0.1) is 0 Å². The highest BCUT2D eigenvalue weighted by Crippen LogP contribution is 2.45. The van der Waals surface area contributed by atoms with E-state index in [2.05, 4.69) is 184 Å². The van der Waals surface area contributed by atoms with Crippen LogP contribution in [0.1, 0.15) is 233 Å². The third-order valence-corrected chi connectivity index (χ3v) is 29.1. The molecular weight excluding hydrogens is 1660 g/mol. The van der Waals surface area contributed by atoms with Gasteiger partial charge >= 0.3 is 18.1 Å². The minimum absolute atomic E-state index is 0.0757. The number of hydrogen-bond donors (Lipinski definition) is 6. The first-order chi connectivity index (χ1) is 58.9. The summed E-state index contributed by atoms with van der Waals surface area (Å²) in [7, 11) is -12.8. The van der Waals surface area contributed by atoms with Crippen molar-refractivity contribution in [2.24, 2.45) is 34.0 Å². The Morgan fingerprint density at radius 1 is 0.349 bits per heavy atom. The molecule has 9 amide bonds. The van der Waals surface area contributed by atoms with Crippen LogP contribution in [0.25, 0.3) is 0 Å². The second-order valence-electron chi connectivity index (χ2n) is 41.1. The van der Waals surface area contributed by atoms with Gasteiger partial charge in [-0.05, 0) is 246 Å². The SMILES string of the molecule is CC1CCC2CN(c3nc(N4CCN(CCC(C)(C)C)C4=O)ccc3C(=O)NS(=O)(=O)c3cccc(n3)N1)C(C)(C)C2.CC1CCC2CN(c3nc(N4CCN(CCC(C)(C)C)C4=O)ccc3C(=O)NS(=O)(=O)c3cccc(n3)N1)C(C)(C)C2.CC1CCC2CN(c3nc(N4CCN(CCC(C)(C)C)C4=O)ccc3C(=O)NS(=O)(=O)c3cccc(n3)N1)C(C)(C)C2. The first-order valence-electron chi connectivity index (χ1n) is 44.4. The lowest BCUT2D eigenvalue weighted by molar-refractivity contribution is 0.0972. The number of carbonyl (C=O) groups excluding carboxylic acids is 6. The summed E-state index contributed by atoms with van der Waals surface area (Å²) in [5.74, 6) is 2.54. The molecule has 0 saturated carbocycles. The van der Waals surface area contributed by atoms with Crippen LogP contribution in [0.5, 0.6) is 0 Å². The summed E-state index contributed by atoms with van der Waals surface area (Å²) < 4.78 is 86.2. The second-order valence-corrected chi connectivity index (χ2v) is 45.9. The molecular formula is C90H129N21O12S3. The molecule has 684 valence electrons. The van der Waals surface area contributed by atoms with Crippen molar-refractivity contribution in [1.82, 2.24) is 58.8 Å². The second kappa shape index (κ2) is 36.1. The normalized spacial score (nSPS) is 24.0. The smallest absolute Gasteiger partial charge is 0.325 e. The van der Waals surface area contributed by atoms with E-state index in [0.717, 1.165) is 77.0 Å². The molecule has 6 unspecified atom stereocenters. The Morgan fingerprint density at radius 3 is 0.849 bits per heavy atom. The van der Waals surface area contributed by atoms with Crippen molar-refractivity contribution < 1.29 is 54.0 Å². The van der Waals surface area contributed by atoms with Gasteiger partial charge < -0.3 is 45.3 Å². The van der Waals surface area contributed by atoms with Crippen LogP contribution in [0, 0.1) is 34.0 Å². The summed E-state index contributed by atoms with van der Waals surface area (Å²) in [6.07, 6.45) is 10.8. The van der Waals surface area contributed by atoms with Crippen LogP contribution in [0.2, 0.25) is 0 Å². The molecule has 6 aromatic heterocycles. The molecule has 9 aliphatic rings. The molecule has 0 aliphatic carbocycles. The first kappa shape index (κ1) is 93.4. The third kappa shape index (κ3) is 21.9. The Bertz CT molecular complexity index is 4940. The molecule has 12 bridgehead atoms. The molecule has 0 spiro atoms. The van der Waals surface area contributed by atoms with Crippen LogP contribution in [0.3, 0.4) is 0 Å². The van der Waals surface area contributed by atoms with E-state index in [4.69, 9.17) is 15.0 Å². The molecule has 126 heavy (non-hydrogen) atoms. The predicted octanol–water partition coefficient (Wildman–Crippen LogP) is 13.4. The quantitative estimate of drug-likeness (QED) is 0.0783. The zero-order valence-corrected chi connectivity index (χ0v) is 78.9. The molecule has 15 rings (SSSR count). The predicted molar refractivity (Wildman–Crippen MR) is 490 cm³/mol. The lowest BCUT2D eigenvalue weighted by Gasteiger charge is -2.34. The number of fused-ring (bicyclic) bond motifs is 18. The van der Waals surface area contributed by atoms with Crippen molar-refractivity contribution in [2.75, 3.05) is 124 Å². The van der Waals surface area contributed by atoms with Gasteiger partial charge in [-0.25, -0.2) is 58.5 Å². The number of rotatable bonds is 9. The van der Waals surface area contributed by atoms with Gasteiger partial charge in [-0.1, -0.05) is 80.5 Å². The highest BCUT2D eigenvalue weighted by Gasteiger charge is 2.47. The average molecular weight is 1790 g/mol. The Morgan fingerprint density at radius 2 is 0.603 bits per heavy atom. The summed E-state index contributed by atoms with van der Waals surface area (Å²) in [6, 6.07) is 23.6. The molecule has 6 fully saturated rings.